The summed E-state index contributed by atoms with van der Waals surface area (Å²) in [5, 5.41) is 0. The van der Waals surface area contributed by atoms with Crippen LogP contribution in [0.4, 0.5) is 5.88 Å². The van der Waals surface area contributed by atoms with Gasteiger partial charge in [0.15, 0.2) is 22.2 Å². The fourth-order valence-corrected chi connectivity index (χ4v) is 6.10. The molecule has 39 heavy (non-hydrogen) atoms. The first kappa shape index (κ1) is 26.8. The first-order valence-electron chi connectivity index (χ1n) is 13.1. The van der Waals surface area contributed by atoms with E-state index in [9.17, 15) is 9.59 Å². The molecule has 0 N–H and O–H groups in total. The summed E-state index contributed by atoms with van der Waals surface area (Å²) >= 11 is 1.26. The first-order chi connectivity index (χ1) is 18.8. The number of fused-ring (bicyclic) bond motifs is 1. The largest absolute Gasteiger partial charge is 0.493 e. The van der Waals surface area contributed by atoms with E-state index in [4.69, 9.17) is 18.6 Å². The predicted molar refractivity (Wildman–Crippen MR) is 149 cm³/mol. The fourth-order valence-electron chi connectivity index (χ4n) is 5.08. The number of hydrogen-bond donors (Lipinski definition) is 0. The van der Waals surface area contributed by atoms with E-state index in [0.717, 1.165) is 37.7 Å². The van der Waals surface area contributed by atoms with E-state index in [1.54, 1.807) is 50.8 Å². The first-order valence-corrected chi connectivity index (χ1v) is 13.9. The lowest BCUT2D eigenvalue weighted by molar-refractivity contribution is -0.139. The van der Waals surface area contributed by atoms with Crippen molar-refractivity contribution in [1.29, 1.82) is 0 Å². The highest BCUT2D eigenvalue weighted by atomic mass is 32.1. The Morgan fingerprint density at radius 3 is 2.59 bits per heavy atom. The monoisotopic (exact) mass is 551 g/mol. The third kappa shape index (κ3) is 5.13. The summed E-state index contributed by atoms with van der Waals surface area (Å²) in [6.45, 7) is 7.89. The van der Waals surface area contributed by atoms with Gasteiger partial charge >= 0.3 is 5.97 Å². The molecule has 2 aliphatic heterocycles. The summed E-state index contributed by atoms with van der Waals surface area (Å²) in [7, 11) is 3.10. The van der Waals surface area contributed by atoms with Crippen molar-refractivity contribution in [3.63, 3.8) is 0 Å². The van der Waals surface area contributed by atoms with Gasteiger partial charge in [-0.2, -0.15) is 0 Å². The van der Waals surface area contributed by atoms with Gasteiger partial charge in [-0.05, 0) is 56.4 Å². The topological polar surface area (TPSA) is 95.5 Å². The number of methoxy groups -OCH3 is 2. The standard InChI is InChI=1S/C29H33N3O6S/c1-6-37-28(34)25-18(3)30-29-32(26(25)19-7-9-21(35-4)22(15-19)36-5)27(33)23(39-29)16-20-8-10-24(38-20)31-13-11-17(2)12-14-31/h7-10,15-17,26H,6,11-14H2,1-5H3/b23-16+/t26-/m0/s1. The summed E-state index contributed by atoms with van der Waals surface area (Å²) < 4.78 is 24.4. The number of esters is 1. The van der Waals surface area contributed by atoms with E-state index < -0.39 is 12.0 Å². The van der Waals surface area contributed by atoms with E-state index in [1.165, 1.54) is 11.3 Å². The van der Waals surface area contributed by atoms with Gasteiger partial charge in [0.25, 0.3) is 5.56 Å². The number of rotatable bonds is 7. The number of thiazole rings is 1. The van der Waals surface area contributed by atoms with Crippen molar-refractivity contribution in [3.05, 3.63) is 72.6 Å². The lowest BCUT2D eigenvalue weighted by Gasteiger charge is -2.29. The Bertz CT molecular complexity index is 1590. The van der Waals surface area contributed by atoms with Gasteiger partial charge in [-0.25, -0.2) is 9.79 Å². The fraction of sp³-hybridized carbons (Fsp3) is 0.414. The molecule has 0 saturated carbocycles. The zero-order valence-corrected chi connectivity index (χ0v) is 23.7. The van der Waals surface area contributed by atoms with Crippen LogP contribution < -0.4 is 29.3 Å². The minimum Gasteiger partial charge on any atom is -0.493 e. The third-order valence-corrected chi connectivity index (χ3v) is 8.20. The van der Waals surface area contributed by atoms with Gasteiger partial charge in [0.1, 0.15) is 5.76 Å². The van der Waals surface area contributed by atoms with Crippen LogP contribution in [0.15, 0.2) is 55.8 Å². The van der Waals surface area contributed by atoms with Gasteiger partial charge in [-0.1, -0.05) is 24.3 Å². The summed E-state index contributed by atoms with van der Waals surface area (Å²) in [4.78, 5) is 34.4. The van der Waals surface area contributed by atoms with E-state index in [1.807, 2.05) is 18.2 Å². The number of carbonyl (C=O) groups excluding carboxylic acids is 1. The van der Waals surface area contributed by atoms with E-state index in [-0.39, 0.29) is 12.2 Å². The van der Waals surface area contributed by atoms with Crippen LogP contribution >= 0.6 is 11.3 Å². The Labute approximate surface area is 230 Å². The zero-order chi connectivity index (χ0) is 27.7. The Balaban J connectivity index is 1.60. The van der Waals surface area contributed by atoms with Crippen molar-refractivity contribution >= 4 is 29.3 Å². The maximum absolute atomic E-state index is 13.9. The normalized spacial score (nSPS) is 18.1. The Morgan fingerprint density at radius 1 is 1.15 bits per heavy atom. The summed E-state index contributed by atoms with van der Waals surface area (Å²) in [6, 6.07) is 8.44. The molecule has 2 aliphatic rings. The van der Waals surface area contributed by atoms with Crippen LogP contribution in [0.3, 0.4) is 0 Å². The van der Waals surface area contributed by atoms with Gasteiger partial charge in [-0.3, -0.25) is 9.36 Å². The minimum absolute atomic E-state index is 0.204. The number of nitrogens with zero attached hydrogens (tertiary/aromatic N) is 3. The van der Waals surface area contributed by atoms with Gasteiger partial charge in [0.2, 0.25) is 0 Å². The Hall–Kier alpha value is -3.79. The Morgan fingerprint density at radius 2 is 1.90 bits per heavy atom. The van der Waals surface area contributed by atoms with Crippen LogP contribution in [-0.2, 0) is 9.53 Å². The van der Waals surface area contributed by atoms with Crippen LogP contribution in [-0.4, -0.2) is 44.5 Å². The molecule has 9 nitrogen and oxygen atoms in total. The van der Waals surface area contributed by atoms with Crippen molar-refractivity contribution in [2.24, 2.45) is 10.9 Å². The molecule has 1 fully saturated rings. The molecule has 0 amide bonds. The molecular formula is C29H33N3O6S. The molecule has 0 spiro atoms. The lowest BCUT2D eigenvalue weighted by atomic mass is 9.95. The second-order valence-corrected chi connectivity index (χ2v) is 10.8. The molecule has 2 aromatic heterocycles. The molecular weight excluding hydrogens is 518 g/mol. The van der Waals surface area contributed by atoms with Crippen molar-refractivity contribution in [2.45, 2.75) is 39.7 Å². The summed E-state index contributed by atoms with van der Waals surface area (Å²) in [6.07, 6.45) is 4.01. The molecule has 4 heterocycles. The van der Waals surface area contributed by atoms with E-state index in [0.29, 0.717) is 43.4 Å². The van der Waals surface area contributed by atoms with Crippen molar-refractivity contribution in [3.8, 4) is 11.5 Å². The lowest BCUT2D eigenvalue weighted by Crippen LogP contribution is -2.39. The molecule has 206 valence electrons. The molecule has 1 saturated heterocycles. The number of ether oxygens (including phenoxy) is 3. The van der Waals surface area contributed by atoms with Crippen LogP contribution in [0.25, 0.3) is 6.08 Å². The van der Waals surface area contributed by atoms with Gasteiger partial charge in [0.05, 0.1) is 42.7 Å². The van der Waals surface area contributed by atoms with Crippen molar-refractivity contribution in [1.82, 2.24) is 4.57 Å². The van der Waals surface area contributed by atoms with Crippen LogP contribution in [0.2, 0.25) is 0 Å². The Kier molecular flexibility index (Phi) is 7.65. The number of hydrogen-bond acceptors (Lipinski definition) is 9. The maximum atomic E-state index is 13.9. The quantitative estimate of drug-likeness (QED) is 0.414. The highest BCUT2D eigenvalue weighted by molar-refractivity contribution is 7.07. The van der Waals surface area contributed by atoms with Gasteiger partial charge in [0, 0.05) is 25.2 Å². The van der Waals surface area contributed by atoms with Crippen LogP contribution in [0.1, 0.15) is 51.0 Å². The molecule has 1 atom stereocenters. The molecule has 3 aromatic rings. The number of piperidine rings is 1. The molecule has 1 aromatic carbocycles. The number of allylic oxidation sites excluding steroid dienone is 1. The predicted octanol–water partition coefficient (Wildman–Crippen LogP) is 3.64. The number of aromatic nitrogens is 1. The SMILES string of the molecule is CCOC(=O)C1=C(C)N=c2s/c(=C/c3ccc(N4CCC(C)CC4)o3)c(=O)n2[C@H]1c1ccc(OC)c(OC)c1. The van der Waals surface area contributed by atoms with Crippen LogP contribution in [0, 0.1) is 5.92 Å². The average Bonchev–Trinajstić information content (AvgIpc) is 3.52. The van der Waals surface area contributed by atoms with Crippen LogP contribution in [0.5, 0.6) is 11.5 Å². The van der Waals surface area contributed by atoms with E-state index in [2.05, 4.69) is 16.8 Å². The van der Waals surface area contributed by atoms with E-state index >= 15 is 0 Å². The van der Waals surface area contributed by atoms with Gasteiger partial charge in [-0.15, -0.1) is 0 Å². The maximum Gasteiger partial charge on any atom is 0.338 e. The molecule has 0 radical (unpaired) electrons. The average molecular weight is 552 g/mol. The number of benzene rings is 1. The number of furan rings is 1. The summed E-state index contributed by atoms with van der Waals surface area (Å²) in [5.74, 6) is 2.65. The second kappa shape index (κ2) is 11.1. The number of carbonyl (C=O) groups is 1. The smallest absolute Gasteiger partial charge is 0.338 e. The summed E-state index contributed by atoms with van der Waals surface area (Å²) in [5.41, 5.74) is 1.22. The third-order valence-electron chi connectivity index (χ3n) is 7.22. The molecule has 5 rings (SSSR count). The second-order valence-electron chi connectivity index (χ2n) is 9.76. The van der Waals surface area contributed by atoms with Gasteiger partial charge < -0.3 is 23.5 Å². The molecule has 0 bridgehead atoms. The highest BCUT2D eigenvalue weighted by Crippen LogP contribution is 2.36. The molecule has 10 heteroatoms. The van der Waals surface area contributed by atoms with Crippen molar-refractivity contribution in [2.75, 3.05) is 38.8 Å². The van der Waals surface area contributed by atoms with Crippen molar-refractivity contribution < 1.29 is 23.4 Å². The zero-order valence-electron chi connectivity index (χ0n) is 22.9. The molecule has 0 unspecified atom stereocenters. The highest BCUT2D eigenvalue weighted by Gasteiger charge is 2.34. The number of anilines is 1. The molecule has 0 aliphatic carbocycles. The minimum atomic E-state index is -0.746.